The highest BCUT2D eigenvalue weighted by Crippen LogP contribution is 2.26. The van der Waals surface area contributed by atoms with Gasteiger partial charge in [0.1, 0.15) is 66.5 Å². The van der Waals surface area contributed by atoms with E-state index in [1.165, 1.54) is 87.7 Å². The number of amides is 11. The molecule has 0 bridgehead atoms. The van der Waals surface area contributed by atoms with E-state index in [9.17, 15) is 48.3 Å². The summed E-state index contributed by atoms with van der Waals surface area (Å²) in [7, 11) is 9.90. The molecular weight excluding hydrogens is 1130 g/mol. The smallest absolute Gasteiger partial charge is 0.246 e. The lowest BCUT2D eigenvalue weighted by atomic mass is 9.91. The monoisotopic (exact) mass is 1250 g/mol. The Balaban J connectivity index is 4.41. The van der Waals surface area contributed by atoms with Gasteiger partial charge < -0.3 is 60.7 Å². The highest BCUT2D eigenvalue weighted by atomic mass is 32.1. The van der Waals surface area contributed by atoms with Gasteiger partial charge in [0.2, 0.25) is 65.0 Å². The molecule has 0 saturated carbocycles. The van der Waals surface area contributed by atoms with E-state index in [0.717, 1.165) is 9.80 Å². The number of hydrogen-bond acceptors (Lipinski definition) is 13. The number of hydrogen-bond donors (Lipinski definition) is 6. The largest absolute Gasteiger partial charge is 0.390 e. The van der Waals surface area contributed by atoms with Gasteiger partial charge in [-0.2, -0.15) is 12.6 Å². The minimum absolute atomic E-state index is 0.00561. The van der Waals surface area contributed by atoms with Crippen molar-refractivity contribution < 1.29 is 57.8 Å². The lowest BCUT2D eigenvalue weighted by Gasteiger charge is -2.41. The van der Waals surface area contributed by atoms with E-state index >= 15 is 9.59 Å². The van der Waals surface area contributed by atoms with Crippen LogP contribution in [0, 0.1) is 41.4 Å². The van der Waals surface area contributed by atoms with Gasteiger partial charge in [0.25, 0.3) is 0 Å². The molecule has 13 atom stereocenters. The number of likely N-dealkylation sites (N-methyl/N-ethyl adjacent to an activating group) is 7. The summed E-state index contributed by atoms with van der Waals surface area (Å²) in [6, 6.07) is -13.8. The number of rotatable bonds is 16. The van der Waals surface area contributed by atoms with Crippen molar-refractivity contribution in [3.63, 3.8) is 0 Å². The summed E-state index contributed by atoms with van der Waals surface area (Å²) >= 11 is 4.50. The Morgan fingerprint density at radius 3 is 1.24 bits per heavy atom. The summed E-state index contributed by atoms with van der Waals surface area (Å²) in [4.78, 5) is 170. The zero-order valence-corrected chi connectivity index (χ0v) is 58.0. The van der Waals surface area contributed by atoms with Crippen LogP contribution in [0.2, 0.25) is 0 Å². The van der Waals surface area contributed by atoms with Gasteiger partial charge in [-0.1, -0.05) is 109 Å². The van der Waals surface area contributed by atoms with Crippen LogP contribution >= 0.6 is 12.6 Å². The third kappa shape index (κ3) is 21.8. The average molecular weight is 1250 g/mol. The molecule has 1 fully saturated rings. The Morgan fingerprint density at radius 2 is 0.816 bits per heavy atom. The fourth-order valence-corrected chi connectivity index (χ4v) is 11.4. The summed E-state index contributed by atoms with van der Waals surface area (Å²) in [5, 5.41) is 23.2. The molecule has 87 heavy (non-hydrogen) atoms. The minimum atomic E-state index is -1.63. The number of aliphatic hydroxyl groups excluding tert-OH is 1. The first-order chi connectivity index (χ1) is 40.2. The van der Waals surface area contributed by atoms with Crippen molar-refractivity contribution in [2.45, 2.75) is 229 Å². The standard InChI is InChI=1S/C63H113N11O12S/c1-25-27-28-40(15)52(75)51-56(79)66-43(26-2)58(81)72(22)48(33-87)61(84)68(18)45(30-35(5)6)55(78)67-49(38(11)12)62(85)69(19)44(29-34(3)4)54(77)64-41(16)53(76)65-42(17)57(80)70(20)46(31-36(7)8)59(82)71(21)47(32-37(9)10)60(83)73(23)50(39(13)14)63(86)74(51)24/h25,27,34-52,75,87H,26,28-33H2,1-24H3,(H,64,77)(H,65,76)(H,66,79)(H,67,78)/b27-25+/t40-,41+,42-,43+,44+,45+,46+,47+,48?,49+,50+,51?,52-/m1/s1. The fraction of sp³-hybridized carbons (Fsp3) is 0.794. The van der Waals surface area contributed by atoms with Crippen LogP contribution in [0.5, 0.6) is 0 Å². The predicted molar refractivity (Wildman–Crippen MR) is 341 cm³/mol. The van der Waals surface area contributed by atoms with Crippen LogP contribution in [0.25, 0.3) is 0 Å². The maximum atomic E-state index is 15.2. The molecule has 23 nitrogen and oxygen atoms in total. The zero-order chi connectivity index (χ0) is 67.6. The molecule has 24 heteroatoms. The topological polar surface area (TPSA) is 279 Å². The molecule has 1 aliphatic heterocycles. The van der Waals surface area contributed by atoms with Crippen LogP contribution in [0.15, 0.2) is 12.2 Å². The van der Waals surface area contributed by atoms with Gasteiger partial charge in [-0.25, -0.2) is 0 Å². The van der Waals surface area contributed by atoms with Gasteiger partial charge >= 0.3 is 0 Å². The van der Waals surface area contributed by atoms with Crippen molar-refractivity contribution in [2.24, 2.45) is 41.4 Å². The molecule has 2 unspecified atom stereocenters. The number of thiol groups is 1. The first-order valence-corrected chi connectivity index (χ1v) is 31.8. The van der Waals surface area contributed by atoms with E-state index in [1.807, 2.05) is 55.4 Å². The average Bonchev–Trinajstić information content (AvgIpc) is 1.23. The van der Waals surface area contributed by atoms with Crippen molar-refractivity contribution in [3.8, 4) is 0 Å². The highest BCUT2D eigenvalue weighted by Gasteiger charge is 2.46. The molecule has 1 saturated heterocycles. The highest BCUT2D eigenvalue weighted by molar-refractivity contribution is 7.80. The predicted octanol–water partition coefficient (Wildman–Crippen LogP) is 3.57. The summed E-state index contributed by atoms with van der Waals surface area (Å²) in [5.41, 5.74) is 0. The Morgan fingerprint density at radius 1 is 0.437 bits per heavy atom. The van der Waals surface area contributed by atoms with E-state index in [-0.39, 0.29) is 61.5 Å². The summed E-state index contributed by atoms with van der Waals surface area (Å²) in [6.45, 7) is 29.8. The molecule has 0 radical (unpaired) electrons. The van der Waals surface area contributed by atoms with Gasteiger partial charge in [-0.3, -0.25) is 52.7 Å². The van der Waals surface area contributed by atoms with Crippen molar-refractivity contribution in [2.75, 3.05) is 55.1 Å². The Labute approximate surface area is 526 Å². The van der Waals surface area contributed by atoms with Crippen molar-refractivity contribution >= 4 is 77.6 Å². The summed E-state index contributed by atoms with van der Waals surface area (Å²) in [5.74, 6) is -10.2. The molecular formula is C63H113N11O12S. The second kappa shape index (κ2) is 36.0. The van der Waals surface area contributed by atoms with Gasteiger partial charge in [-0.05, 0) is 101 Å². The second-order valence-corrected chi connectivity index (χ2v) is 26.9. The summed E-state index contributed by atoms with van der Waals surface area (Å²) in [6.07, 6.45) is 2.93. The van der Waals surface area contributed by atoms with Crippen LogP contribution < -0.4 is 21.3 Å². The lowest BCUT2D eigenvalue weighted by Crippen LogP contribution is -2.64. The van der Waals surface area contributed by atoms with Crippen LogP contribution in [-0.4, -0.2) is 232 Å². The number of nitrogens with zero attached hydrogens (tertiary/aromatic N) is 7. The van der Waals surface area contributed by atoms with Crippen LogP contribution in [0.4, 0.5) is 0 Å². The molecule has 0 aromatic rings. The Bertz CT molecular complexity index is 2390. The second-order valence-electron chi connectivity index (χ2n) is 26.5. The third-order valence-corrected chi connectivity index (χ3v) is 16.9. The molecule has 0 aromatic heterocycles. The third-order valence-electron chi connectivity index (χ3n) is 16.6. The molecule has 1 rings (SSSR count). The maximum absolute atomic E-state index is 15.2. The molecule has 1 heterocycles. The van der Waals surface area contributed by atoms with Crippen LogP contribution in [0.3, 0.4) is 0 Å². The fourth-order valence-electron chi connectivity index (χ4n) is 11.0. The van der Waals surface area contributed by atoms with Gasteiger partial charge in [-0.15, -0.1) is 0 Å². The van der Waals surface area contributed by atoms with Gasteiger partial charge in [0.05, 0.1) is 6.10 Å². The van der Waals surface area contributed by atoms with Gasteiger partial charge in [0.15, 0.2) is 0 Å². The molecule has 5 N–H and O–H groups in total. The first-order valence-electron chi connectivity index (χ1n) is 31.2. The molecule has 0 aromatic carbocycles. The van der Waals surface area contributed by atoms with Crippen LogP contribution in [-0.2, 0) is 52.7 Å². The van der Waals surface area contributed by atoms with Crippen LogP contribution in [0.1, 0.15) is 156 Å². The Kier molecular flexibility index (Phi) is 32.8. The minimum Gasteiger partial charge on any atom is -0.390 e. The molecule has 0 spiro atoms. The normalized spacial score (nSPS) is 27.4. The van der Waals surface area contributed by atoms with E-state index in [2.05, 4.69) is 33.9 Å². The van der Waals surface area contributed by atoms with E-state index < -0.39 is 155 Å². The zero-order valence-electron chi connectivity index (χ0n) is 57.1. The van der Waals surface area contributed by atoms with E-state index in [0.29, 0.717) is 6.42 Å². The number of allylic oxidation sites excluding steroid dienone is 2. The molecule has 0 aliphatic carbocycles. The van der Waals surface area contributed by atoms with E-state index in [4.69, 9.17) is 0 Å². The first kappa shape index (κ1) is 79.2. The summed E-state index contributed by atoms with van der Waals surface area (Å²) < 4.78 is 0. The number of nitrogens with one attached hydrogen (secondary N) is 4. The Hall–Kier alpha value is -5.78. The SMILES string of the molecule is C/C=C/C[C@@H](C)[C@@H](O)C1C(=O)N[C@@H](CC)C(=O)N(C)C(CS)C(=O)N(C)[C@@H](CC(C)C)C(=O)N[C@@H](C(C)C)C(=O)N(C)[C@@H](CC(C)C)C(=O)N[C@@H](C)C(=O)N[C@H](C)C(=O)N(C)[C@@H](CC(C)C)C(=O)N(C)[C@@H](CC(C)C)C(=O)N(C)[C@@H](C(C)C)C(=O)N1C. The maximum Gasteiger partial charge on any atom is 0.246 e. The number of carbonyl (C=O) groups is 11. The van der Waals surface area contributed by atoms with Crippen molar-refractivity contribution in [3.05, 3.63) is 12.2 Å². The quantitative estimate of drug-likeness (QED) is 0.0957. The number of carbonyl (C=O) groups excluding carboxylic acids is 11. The van der Waals surface area contributed by atoms with Crippen molar-refractivity contribution in [1.29, 1.82) is 0 Å². The van der Waals surface area contributed by atoms with E-state index in [1.54, 1.807) is 60.6 Å². The van der Waals surface area contributed by atoms with Crippen molar-refractivity contribution in [1.82, 2.24) is 55.6 Å². The lowest BCUT2D eigenvalue weighted by molar-refractivity contribution is -0.157. The molecule has 11 amide bonds. The molecule has 1 aliphatic rings. The molecule has 498 valence electrons. The van der Waals surface area contributed by atoms with Gasteiger partial charge in [0, 0.05) is 55.1 Å². The number of aliphatic hydroxyl groups is 1.